The number of piperidine rings is 1. The Bertz CT molecular complexity index is 802. The molecule has 0 atom stereocenters. The average Bonchev–Trinajstić information content (AvgIpc) is 2.64. The van der Waals surface area contributed by atoms with Gasteiger partial charge in [0.2, 0.25) is 11.8 Å². The topological polar surface area (TPSA) is 84.7 Å². The molecule has 0 aromatic heterocycles. The van der Waals surface area contributed by atoms with Crippen LogP contribution in [0.4, 0.5) is 17.1 Å². The van der Waals surface area contributed by atoms with Crippen molar-refractivity contribution in [2.45, 2.75) is 25.7 Å². The first-order valence-corrected chi connectivity index (χ1v) is 8.69. The Balaban J connectivity index is 1.75. The van der Waals surface area contributed by atoms with Crippen molar-refractivity contribution in [1.29, 1.82) is 0 Å². The minimum atomic E-state index is -0.129. The number of nitrogen functional groups attached to an aromatic ring is 1. The summed E-state index contributed by atoms with van der Waals surface area (Å²) in [5.41, 5.74) is 8.55. The SMILES string of the molecule is COc1ccc(NC(=O)Cc2ccc(N)cc2)cc1N1CCCCC1=O. The second kappa shape index (κ2) is 7.91. The summed E-state index contributed by atoms with van der Waals surface area (Å²) in [6, 6.07) is 12.6. The number of hydrogen-bond donors (Lipinski definition) is 2. The zero-order valence-electron chi connectivity index (χ0n) is 14.8. The van der Waals surface area contributed by atoms with E-state index >= 15 is 0 Å². The van der Waals surface area contributed by atoms with Gasteiger partial charge in [-0.25, -0.2) is 0 Å². The predicted octanol–water partition coefficient (Wildman–Crippen LogP) is 2.98. The highest BCUT2D eigenvalue weighted by Gasteiger charge is 2.23. The predicted molar refractivity (Wildman–Crippen MR) is 102 cm³/mol. The molecule has 1 saturated heterocycles. The number of carbonyl (C=O) groups excluding carboxylic acids is 2. The van der Waals surface area contributed by atoms with Gasteiger partial charge in [0.25, 0.3) is 0 Å². The third-order valence-corrected chi connectivity index (χ3v) is 4.42. The lowest BCUT2D eigenvalue weighted by atomic mass is 10.1. The summed E-state index contributed by atoms with van der Waals surface area (Å²) in [4.78, 5) is 26.3. The summed E-state index contributed by atoms with van der Waals surface area (Å²) in [6.07, 6.45) is 2.67. The highest BCUT2D eigenvalue weighted by atomic mass is 16.5. The Morgan fingerprint density at radius 2 is 1.96 bits per heavy atom. The molecule has 0 spiro atoms. The molecule has 0 unspecified atom stereocenters. The Morgan fingerprint density at radius 3 is 2.65 bits per heavy atom. The maximum absolute atomic E-state index is 12.3. The monoisotopic (exact) mass is 353 g/mol. The highest BCUT2D eigenvalue weighted by Crippen LogP contribution is 2.33. The summed E-state index contributed by atoms with van der Waals surface area (Å²) >= 11 is 0. The van der Waals surface area contributed by atoms with Gasteiger partial charge >= 0.3 is 0 Å². The van der Waals surface area contributed by atoms with E-state index in [1.807, 2.05) is 12.1 Å². The van der Waals surface area contributed by atoms with E-state index in [2.05, 4.69) is 5.32 Å². The number of ether oxygens (including phenoxy) is 1. The van der Waals surface area contributed by atoms with E-state index < -0.39 is 0 Å². The average molecular weight is 353 g/mol. The molecule has 0 aliphatic carbocycles. The highest BCUT2D eigenvalue weighted by molar-refractivity contribution is 5.98. The largest absolute Gasteiger partial charge is 0.495 e. The minimum absolute atomic E-state index is 0.0832. The van der Waals surface area contributed by atoms with Crippen LogP contribution < -0.4 is 20.7 Å². The first-order valence-electron chi connectivity index (χ1n) is 8.69. The summed E-state index contributed by atoms with van der Waals surface area (Å²) in [5.74, 6) is 0.576. The lowest BCUT2D eigenvalue weighted by Gasteiger charge is -2.28. The van der Waals surface area contributed by atoms with Crippen LogP contribution in [0.15, 0.2) is 42.5 Å². The fourth-order valence-corrected chi connectivity index (χ4v) is 3.07. The van der Waals surface area contributed by atoms with E-state index in [1.54, 1.807) is 42.3 Å². The molecule has 2 aromatic carbocycles. The maximum Gasteiger partial charge on any atom is 0.228 e. The maximum atomic E-state index is 12.3. The van der Waals surface area contributed by atoms with Crippen LogP contribution in [0, 0.1) is 0 Å². The van der Waals surface area contributed by atoms with Crippen LogP contribution >= 0.6 is 0 Å². The van der Waals surface area contributed by atoms with E-state index in [4.69, 9.17) is 10.5 Å². The molecule has 0 bridgehead atoms. The van der Waals surface area contributed by atoms with Gasteiger partial charge in [0.1, 0.15) is 5.75 Å². The second-order valence-electron chi connectivity index (χ2n) is 6.36. The Hall–Kier alpha value is -3.02. The molecule has 0 radical (unpaired) electrons. The molecule has 0 saturated carbocycles. The number of rotatable bonds is 5. The van der Waals surface area contributed by atoms with Gasteiger partial charge in [-0.15, -0.1) is 0 Å². The third-order valence-electron chi connectivity index (χ3n) is 4.42. The van der Waals surface area contributed by atoms with Crippen LogP contribution in [-0.4, -0.2) is 25.5 Å². The molecule has 2 aromatic rings. The summed E-state index contributed by atoms with van der Waals surface area (Å²) in [7, 11) is 1.58. The van der Waals surface area contributed by atoms with Crippen LogP contribution in [0.3, 0.4) is 0 Å². The molecule has 136 valence electrons. The van der Waals surface area contributed by atoms with E-state index in [9.17, 15) is 9.59 Å². The van der Waals surface area contributed by atoms with E-state index in [1.165, 1.54) is 0 Å². The zero-order valence-corrected chi connectivity index (χ0v) is 14.8. The molecule has 3 rings (SSSR count). The third kappa shape index (κ3) is 4.14. The number of methoxy groups -OCH3 is 1. The first kappa shape index (κ1) is 17.8. The van der Waals surface area contributed by atoms with Gasteiger partial charge in [-0.1, -0.05) is 12.1 Å². The smallest absolute Gasteiger partial charge is 0.228 e. The molecular formula is C20H23N3O3. The summed E-state index contributed by atoms with van der Waals surface area (Å²) in [6.45, 7) is 0.665. The molecule has 3 N–H and O–H groups in total. The van der Waals surface area contributed by atoms with Crippen LogP contribution in [0.2, 0.25) is 0 Å². The normalized spacial score (nSPS) is 14.2. The van der Waals surface area contributed by atoms with Gasteiger partial charge in [0.05, 0.1) is 19.2 Å². The molecule has 6 nitrogen and oxygen atoms in total. The van der Waals surface area contributed by atoms with Crippen molar-refractivity contribution in [2.24, 2.45) is 0 Å². The first-order chi connectivity index (χ1) is 12.6. The Labute approximate surface area is 152 Å². The number of hydrogen-bond acceptors (Lipinski definition) is 4. The number of nitrogens with one attached hydrogen (secondary N) is 1. The Kier molecular flexibility index (Phi) is 5.41. The van der Waals surface area contributed by atoms with Gasteiger partial charge in [0.15, 0.2) is 0 Å². The van der Waals surface area contributed by atoms with E-state index in [0.29, 0.717) is 35.8 Å². The lowest BCUT2D eigenvalue weighted by Crippen LogP contribution is -2.35. The zero-order chi connectivity index (χ0) is 18.5. The van der Waals surface area contributed by atoms with Crippen LogP contribution in [0.1, 0.15) is 24.8 Å². The molecular weight excluding hydrogens is 330 g/mol. The number of amides is 2. The van der Waals surface area contributed by atoms with E-state index in [-0.39, 0.29) is 18.2 Å². The molecule has 26 heavy (non-hydrogen) atoms. The van der Waals surface area contributed by atoms with Crippen molar-refractivity contribution < 1.29 is 14.3 Å². The quantitative estimate of drug-likeness (QED) is 0.810. The van der Waals surface area contributed by atoms with Crippen molar-refractivity contribution in [1.82, 2.24) is 0 Å². The van der Waals surface area contributed by atoms with E-state index in [0.717, 1.165) is 18.4 Å². The number of anilines is 3. The number of nitrogens with zero attached hydrogens (tertiary/aromatic N) is 1. The number of benzene rings is 2. The fourth-order valence-electron chi connectivity index (χ4n) is 3.07. The van der Waals surface area contributed by atoms with Gasteiger partial charge in [-0.2, -0.15) is 0 Å². The van der Waals surface area contributed by atoms with Crippen molar-refractivity contribution >= 4 is 28.9 Å². The summed E-state index contributed by atoms with van der Waals surface area (Å²) < 4.78 is 5.40. The molecule has 1 aliphatic heterocycles. The van der Waals surface area contributed by atoms with Crippen LogP contribution in [-0.2, 0) is 16.0 Å². The summed E-state index contributed by atoms with van der Waals surface area (Å²) in [5, 5.41) is 2.89. The van der Waals surface area contributed by atoms with Crippen LogP contribution in [0.5, 0.6) is 5.75 Å². The van der Waals surface area contributed by atoms with Crippen molar-refractivity contribution in [3.05, 3.63) is 48.0 Å². The Morgan fingerprint density at radius 1 is 1.19 bits per heavy atom. The second-order valence-corrected chi connectivity index (χ2v) is 6.36. The lowest BCUT2D eigenvalue weighted by molar-refractivity contribution is -0.119. The van der Waals surface area contributed by atoms with Gasteiger partial charge < -0.3 is 20.7 Å². The number of nitrogens with two attached hydrogens (primary N) is 1. The molecule has 2 amide bonds. The van der Waals surface area contributed by atoms with Crippen LogP contribution in [0.25, 0.3) is 0 Å². The van der Waals surface area contributed by atoms with Crippen molar-refractivity contribution in [2.75, 3.05) is 29.6 Å². The molecule has 1 heterocycles. The molecule has 1 aliphatic rings. The van der Waals surface area contributed by atoms with Gasteiger partial charge in [-0.3, -0.25) is 9.59 Å². The van der Waals surface area contributed by atoms with Crippen molar-refractivity contribution in [3.63, 3.8) is 0 Å². The number of carbonyl (C=O) groups is 2. The molecule has 1 fully saturated rings. The standard InChI is InChI=1S/C20H23N3O3/c1-26-18-10-9-16(13-17(18)23-11-3-2-4-20(23)25)22-19(24)12-14-5-7-15(21)8-6-14/h5-10,13H,2-4,11-12,21H2,1H3,(H,22,24). The molecule has 6 heteroatoms. The van der Waals surface area contributed by atoms with Crippen molar-refractivity contribution in [3.8, 4) is 5.75 Å². The van der Waals surface area contributed by atoms with Gasteiger partial charge in [0, 0.05) is 24.3 Å². The minimum Gasteiger partial charge on any atom is -0.495 e. The fraction of sp³-hybridized carbons (Fsp3) is 0.300. The van der Waals surface area contributed by atoms with Gasteiger partial charge in [-0.05, 0) is 48.7 Å².